The van der Waals surface area contributed by atoms with Crippen molar-refractivity contribution in [3.8, 4) is 0 Å². The number of aryl methyl sites for hydroxylation is 2. The summed E-state index contributed by atoms with van der Waals surface area (Å²) in [5.41, 5.74) is 2.12. The van der Waals surface area contributed by atoms with E-state index in [0.717, 1.165) is 12.2 Å². The van der Waals surface area contributed by atoms with Crippen molar-refractivity contribution in [2.24, 2.45) is 7.05 Å². The third-order valence-electron chi connectivity index (χ3n) is 2.70. The fraction of sp³-hybridized carbons (Fsp3) is 0.364. The van der Waals surface area contributed by atoms with Crippen LogP contribution in [0.5, 0.6) is 0 Å². The van der Waals surface area contributed by atoms with Crippen LogP contribution in [0.1, 0.15) is 28.5 Å². The van der Waals surface area contributed by atoms with Crippen molar-refractivity contribution >= 4 is 5.78 Å². The lowest BCUT2D eigenvalue weighted by Gasteiger charge is -1.97. The van der Waals surface area contributed by atoms with Crippen molar-refractivity contribution in [2.75, 3.05) is 0 Å². The van der Waals surface area contributed by atoms with Gasteiger partial charge in [0.05, 0.1) is 23.5 Å². The number of ketones is 1. The topological polar surface area (TPSA) is 52.7 Å². The smallest absolute Gasteiger partial charge is 0.199 e. The van der Waals surface area contributed by atoms with E-state index in [1.807, 2.05) is 20.9 Å². The molecule has 16 heavy (non-hydrogen) atoms. The first-order chi connectivity index (χ1) is 7.63. The summed E-state index contributed by atoms with van der Waals surface area (Å²) in [6.45, 7) is 4.63. The minimum Gasteiger partial charge on any atom is -0.288 e. The number of nitrogens with zero attached hydrogens (tertiary/aromatic N) is 4. The summed E-state index contributed by atoms with van der Waals surface area (Å²) in [6.07, 6.45) is 4.95. The molecular weight excluding hydrogens is 204 g/mol. The zero-order valence-corrected chi connectivity index (χ0v) is 9.64. The number of hydrogen-bond donors (Lipinski definition) is 0. The van der Waals surface area contributed by atoms with Crippen molar-refractivity contribution in [1.29, 1.82) is 0 Å². The summed E-state index contributed by atoms with van der Waals surface area (Å²) >= 11 is 0. The highest BCUT2D eigenvalue weighted by atomic mass is 16.1. The first kappa shape index (κ1) is 10.6. The summed E-state index contributed by atoms with van der Waals surface area (Å²) in [5, 5.41) is 8.14. The Balaban J connectivity index is 2.35. The maximum absolute atomic E-state index is 12.1. The van der Waals surface area contributed by atoms with E-state index >= 15 is 0 Å². The Hall–Kier alpha value is -1.91. The van der Waals surface area contributed by atoms with Crippen molar-refractivity contribution in [2.45, 2.75) is 20.4 Å². The van der Waals surface area contributed by atoms with Crippen LogP contribution in [0, 0.1) is 6.92 Å². The molecule has 0 aromatic carbocycles. The van der Waals surface area contributed by atoms with Crippen LogP contribution in [0.4, 0.5) is 0 Å². The van der Waals surface area contributed by atoms with Gasteiger partial charge in [0, 0.05) is 25.5 Å². The number of rotatable bonds is 3. The molecule has 0 aliphatic rings. The molecule has 0 saturated heterocycles. The Labute approximate surface area is 93.7 Å². The lowest BCUT2D eigenvalue weighted by atomic mass is 10.1. The summed E-state index contributed by atoms with van der Waals surface area (Å²) in [4.78, 5) is 12.1. The third-order valence-corrected chi connectivity index (χ3v) is 2.70. The molecule has 2 heterocycles. The molecule has 0 radical (unpaired) electrons. The van der Waals surface area contributed by atoms with Crippen LogP contribution < -0.4 is 0 Å². The van der Waals surface area contributed by atoms with Gasteiger partial charge in [-0.15, -0.1) is 0 Å². The molecule has 5 heteroatoms. The van der Waals surface area contributed by atoms with Gasteiger partial charge in [0.1, 0.15) is 0 Å². The van der Waals surface area contributed by atoms with E-state index in [-0.39, 0.29) is 5.78 Å². The second-order valence-corrected chi connectivity index (χ2v) is 3.68. The SMILES string of the molecule is CCn1cc(C(=O)c2cnn(C)c2C)cn1. The fourth-order valence-corrected chi connectivity index (χ4v) is 1.53. The van der Waals surface area contributed by atoms with Gasteiger partial charge in [0.15, 0.2) is 5.78 Å². The monoisotopic (exact) mass is 218 g/mol. The second-order valence-electron chi connectivity index (χ2n) is 3.68. The van der Waals surface area contributed by atoms with E-state index in [4.69, 9.17) is 0 Å². The van der Waals surface area contributed by atoms with Gasteiger partial charge < -0.3 is 0 Å². The Bertz CT molecular complexity index is 524. The zero-order chi connectivity index (χ0) is 11.7. The van der Waals surface area contributed by atoms with E-state index in [9.17, 15) is 4.79 Å². The molecule has 0 amide bonds. The van der Waals surface area contributed by atoms with Crippen LogP contribution >= 0.6 is 0 Å². The molecule has 0 saturated carbocycles. The maximum atomic E-state index is 12.1. The highest BCUT2D eigenvalue weighted by Gasteiger charge is 2.16. The average Bonchev–Trinajstić information content (AvgIpc) is 2.87. The molecule has 0 unspecified atom stereocenters. The van der Waals surface area contributed by atoms with E-state index in [1.165, 1.54) is 0 Å². The number of aromatic nitrogens is 4. The van der Waals surface area contributed by atoms with Gasteiger partial charge in [-0.25, -0.2) is 0 Å². The van der Waals surface area contributed by atoms with Gasteiger partial charge in [-0.2, -0.15) is 10.2 Å². The number of hydrogen-bond acceptors (Lipinski definition) is 3. The third kappa shape index (κ3) is 1.64. The molecule has 2 rings (SSSR count). The van der Waals surface area contributed by atoms with E-state index in [2.05, 4.69) is 10.2 Å². The van der Waals surface area contributed by atoms with E-state index in [1.54, 1.807) is 28.0 Å². The number of carbonyl (C=O) groups is 1. The summed E-state index contributed by atoms with van der Waals surface area (Å²) in [7, 11) is 1.82. The van der Waals surface area contributed by atoms with Gasteiger partial charge >= 0.3 is 0 Å². The molecular formula is C11H14N4O. The minimum absolute atomic E-state index is 0.0229. The van der Waals surface area contributed by atoms with Crippen molar-refractivity contribution in [3.63, 3.8) is 0 Å². The minimum atomic E-state index is -0.0229. The second kappa shape index (κ2) is 3.92. The van der Waals surface area contributed by atoms with Crippen LogP contribution in [0.3, 0.4) is 0 Å². The molecule has 0 atom stereocenters. The summed E-state index contributed by atoms with van der Waals surface area (Å²) in [6, 6.07) is 0. The Morgan fingerprint density at radius 2 is 2.12 bits per heavy atom. The van der Waals surface area contributed by atoms with Gasteiger partial charge in [-0.1, -0.05) is 0 Å². The van der Waals surface area contributed by atoms with Crippen molar-refractivity contribution in [1.82, 2.24) is 19.6 Å². The first-order valence-corrected chi connectivity index (χ1v) is 5.19. The quantitative estimate of drug-likeness (QED) is 0.727. The maximum Gasteiger partial charge on any atom is 0.199 e. The van der Waals surface area contributed by atoms with E-state index < -0.39 is 0 Å². The highest BCUT2D eigenvalue weighted by Crippen LogP contribution is 2.12. The molecule has 0 aliphatic heterocycles. The Morgan fingerprint density at radius 3 is 2.62 bits per heavy atom. The van der Waals surface area contributed by atoms with Gasteiger partial charge in [-0.3, -0.25) is 14.2 Å². The molecule has 0 spiro atoms. The van der Waals surface area contributed by atoms with Gasteiger partial charge in [0.2, 0.25) is 0 Å². The summed E-state index contributed by atoms with van der Waals surface area (Å²) in [5.74, 6) is -0.0229. The Morgan fingerprint density at radius 1 is 1.38 bits per heavy atom. The highest BCUT2D eigenvalue weighted by molar-refractivity contribution is 6.09. The average molecular weight is 218 g/mol. The first-order valence-electron chi connectivity index (χ1n) is 5.19. The lowest BCUT2D eigenvalue weighted by molar-refractivity contribution is 0.103. The van der Waals surface area contributed by atoms with Gasteiger partial charge in [0.25, 0.3) is 0 Å². The molecule has 5 nitrogen and oxygen atoms in total. The predicted octanol–water partition coefficient (Wildman–Crippen LogP) is 1.18. The Kier molecular flexibility index (Phi) is 2.60. The number of carbonyl (C=O) groups excluding carboxylic acids is 1. The molecule has 84 valence electrons. The zero-order valence-electron chi connectivity index (χ0n) is 9.64. The van der Waals surface area contributed by atoms with Crippen molar-refractivity contribution < 1.29 is 4.79 Å². The molecule has 2 aromatic heterocycles. The molecule has 0 bridgehead atoms. The molecule has 2 aromatic rings. The van der Waals surface area contributed by atoms with E-state index in [0.29, 0.717) is 11.1 Å². The van der Waals surface area contributed by atoms with Crippen LogP contribution in [0.2, 0.25) is 0 Å². The predicted molar refractivity (Wildman–Crippen MR) is 59.3 cm³/mol. The van der Waals surface area contributed by atoms with Crippen LogP contribution in [-0.4, -0.2) is 25.3 Å². The molecule has 0 fully saturated rings. The van der Waals surface area contributed by atoms with Crippen LogP contribution in [-0.2, 0) is 13.6 Å². The largest absolute Gasteiger partial charge is 0.288 e. The fourth-order valence-electron chi connectivity index (χ4n) is 1.53. The van der Waals surface area contributed by atoms with Crippen LogP contribution in [0.15, 0.2) is 18.6 Å². The van der Waals surface area contributed by atoms with Crippen molar-refractivity contribution in [3.05, 3.63) is 35.4 Å². The van der Waals surface area contributed by atoms with Gasteiger partial charge in [-0.05, 0) is 13.8 Å². The molecule has 0 N–H and O–H groups in total. The summed E-state index contributed by atoms with van der Waals surface area (Å²) < 4.78 is 3.43. The standard InChI is InChI=1S/C11H14N4O/c1-4-15-7-9(5-13-15)11(16)10-6-12-14(3)8(10)2/h5-7H,4H2,1-3H3. The lowest BCUT2D eigenvalue weighted by Crippen LogP contribution is -2.02. The molecule has 0 aliphatic carbocycles. The normalized spacial score (nSPS) is 10.7. The van der Waals surface area contributed by atoms with Crippen LogP contribution in [0.25, 0.3) is 0 Å².